The molecule has 3 aliphatic rings. The summed E-state index contributed by atoms with van der Waals surface area (Å²) in [5, 5.41) is 13.5. The first kappa shape index (κ1) is 31.8. The van der Waals surface area contributed by atoms with E-state index in [9.17, 15) is 18.3 Å². The van der Waals surface area contributed by atoms with Gasteiger partial charge in [0, 0.05) is 39.4 Å². The summed E-state index contributed by atoms with van der Waals surface area (Å²) in [4.78, 5) is 3.63. The number of fused-ring (bicyclic) bond motifs is 7. The average Bonchev–Trinajstić information content (AvgIpc) is 3.22. The van der Waals surface area contributed by atoms with Gasteiger partial charge < -0.3 is 14.7 Å². The lowest BCUT2D eigenvalue weighted by Crippen LogP contribution is -2.43. The molecule has 0 bridgehead atoms. The Labute approximate surface area is 277 Å². The maximum absolute atomic E-state index is 13.6. The van der Waals surface area contributed by atoms with Crippen molar-refractivity contribution in [2.75, 3.05) is 37.5 Å². The lowest BCUT2D eigenvalue weighted by molar-refractivity contribution is -0.0328. The molecule has 7 rings (SSSR count). The van der Waals surface area contributed by atoms with Crippen LogP contribution in [0.2, 0.25) is 0 Å². The highest BCUT2D eigenvalue weighted by Gasteiger charge is 2.54. The Bertz CT molecular complexity index is 1810. The highest BCUT2D eigenvalue weighted by molar-refractivity contribution is 8.00. The van der Waals surface area contributed by atoms with Gasteiger partial charge in [-0.25, -0.2) is 0 Å². The zero-order valence-electron chi connectivity index (χ0n) is 27.0. The molecule has 1 heterocycles. The van der Waals surface area contributed by atoms with E-state index in [4.69, 9.17) is 4.74 Å². The third-order valence-electron chi connectivity index (χ3n) is 10.0. The van der Waals surface area contributed by atoms with Crippen molar-refractivity contribution in [1.82, 2.24) is 0 Å². The average molecular weight is 664 g/mol. The molecule has 2 fully saturated rings. The maximum Gasteiger partial charge on any atom is 0.446 e. The van der Waals surface area contributed by atoms with Gasteiger partial charge in [-0.05, 0) is 129 Å². The van der Waals surface area contributed by atoms with Crippen LogP contribution >= 0.6 is 23.5 Å². The lowest BCUT2D eigenvalue weighted by Gasteiger charge is -2.51. The SMILES string of the molecule is CSc1cc2c3c(cc(O)c2cc1-c1ccc(N2CCOCC2)cc1)C1(CC(C)(C)CC(C)(C)C1)c1cc(SC(F)(F)F)ccc1-3. The number of phenols is 1. The summed E-state index contributed by atoms with van der Waals surface area (Å²) in [6.45, 7) is 12.3. The minimum atomic E-state index is -4.37. The van der Waals surface area contributed by atoms with Crippen molar-refractivity contribution in [3.05, 3.63) is 71.8 Å². The summed E-state index contributed by atoms with van der Waals surface area (Å²) >= 11 is 1.62. The van der Waals surface area contributed by atoms with E-state index < -0.39 is 10.9 Å². The number of halogens is 3. The minimum Gasteiger partial charge on any atom is -0.507 e. The molecule has 3 nitrogen and oxygen atoms in total. The van der Waals surface area contributed by atoms with Crippen LogP contribution in [0.3, 0.4) is 0 Å². The van der Waals surface area contributed by atoms with Gasteiger partial charge in [-0.1, -0.05) is 45.9 Å². The number of benzene rings is 4. The second kappa shape index (κ2) is 11.1. The van der Waals surface area contributed by atoms with Crippen molar-refractivity contribution in [3.8, 4) is 28.0 Å². The number of nitrogens with zero attached hydrogens (tertiary/aromatic N) is 1. The van der Waals surface area contributed by atoms with E-state index >= 15 is 0 Å². The molecule has 4 aromatic rings. The third kappa shape index (κ3) is 5.58. The number of hydrogen-bond acceptors (Lipinski definition) is 5. The molecule has 2 aliphatic carbocycles. The van der Waals surface area contributed by atoms with E-state index in [0.29, 0.717) is 0 Å². The highest BCUT2D eigenvalue weighted by Crippen LogP contribution is 2.65. The maximum atomic E-state index is 13.6. The number of thioether (sulfide) groups is 2. The first-order valence-corrected chi connectivity index (χ1v) is 17.9. The molecule has 1 saturated heterocycles. The van der Waals surface area contributed by atoms with Crippen LogP contribution in [-0.2, 0) is 10.2 Å². The Balaban J connectivity index is 1.42. The van der Waals surface area contributed by atoms with E-state index in [1.54, 1.807) is 23.9 Å². The molecule has 0 aromatic heterocycles. The smallest absolute Gasteiger partial charge is 0.446 e. The van der Waals surface area contributed by atoms with Crippen LogP contribution in [-0.4, -0.2) is 43.2 Å². The van der Waals surface area contributed by atoms with E-state index in [-0.39, 0.29) is 33.2 Å². The Morgan fingerprint density at radius 2 is 1.46 bits per heavy atom. The van der Waals surface area contributed by atoms with Crippen molar-refractivity contribution < 1.29 is 23.0 Å². The fourth-order valence-corrected chi connectivity index (χ4v) is 10.4. The second-order valence-corrected chi connectivity index (χ2v) is 16.7. The normalized spacial score (nSPS) is 19.8. The van der Waals surface area contributed by atoms with Crippen molar-refractivity contribution in [1.29, 1.82) is 0 Å². The molecule has 8 heteroatoms. The highest BCUT2D eigenvalue weighted by atomic mass is 32.2. The number of aromatic hydroxyl groups is 1. The van der Waals surface area contributed by atoms with Crippen LogP contribution in [0.4, 0.5) is 18.9 Å². The number of phenolic OH excluding ortho intramolecular Hbond substituents is 1. The molecule has 4 aromatic carbocycles. The zero-order valence-corrected chi connectivity index (χ0v) is 28.6. The lowest BCUT2D eigenvalue weighted by atomic mass is 9.52. The molecule has 0 amide bonds. The summed E-state index contributed by atoms with van der Waals surface area (Å²) in [5.74, 6) is 0.214. The summed E-state index contributed by atoms with van der Waals surface area (Å²) in [6.07, 6.45) is 4.69. The molecule has 242 valence electrons. The molecule has 0 radical (unpaired) electrons. The van der Waals surface area contributed by atoms with E-state index in [2.05, 4.69) is 75.2 Å². The Morgan fingerprint density at radius 1 is 0.783 bits per heavy atom. The van der Waals surface area contributed by atoms with Crippen LogP contribution < -0.4 is 4.90 Å². The van der Waals surface area contributed by atoms with Gasteiger partial charge in [0.25, 0.3) is 0 Å². The van der Waals surface area contributed by atoms with Crippen LogP contribution in [0.1, 0.15) is 58.1 Å². The summed E-state index contributed by atoms with van der Waals surface area (Å²) < 4.78 is 46.3. The number of rotatable bonds is 4. The van der Waals surface area contributed by atoms with Crippen molar-refractivity contribution in [2.24, 2.45) is 10.8 Å². The van der Waals surface area contributed by atoms with Gasteiger partial charge in [-0.2, -0.15) is 13.2 Å². The second-order valence-electron chi connectivity index (χ2n) is 14.8. The largest absolute Gasteiger partial charge is 0.507 e. The standard InChI is InChI=1S/C38H40F3NO2S2/c1-35(2)20-36(3,4)22-37(21-35)30-16-25(46-38(39,40)41)10-11-26(30)34-29-18-33(45-5)27(17-28(29)32(43)19-31(34)37)23-6-8-24(9-7-23)42-12-14-44-15-13-42/h6-11,16-19,43H,12-15,20-22H2,1-5H3. The molecule has 46 heavy (non-hydrogen) atoms. The fraction of sp³-hybridized carbons (Fsp3) is 0.421. The van der Waals surface area contributed by atoms with Gasteiger partial charge in [-0.3, -0.25) is 0 Å². The molecule has 1 N–H and O–H groups in total. The molecule has 0 unspecified atom stereocenters. The molecule has 1 spiro atoms. The van der Waals surface area contributed by atoms with Crippen LogP contribution in [0.25, 0.3) is 33.0 Å². The van der Waals surface area contributed by atoms with Crippen molar-refractivity contribution in [2.45, 2.75) is 67.7 Å². The zero-order chi connectivity index (χ0) is 32.6. The predicted molar refractivity (Wildman–Crippen MR) is 185 cm³/mol. The van der Waals surface area contributed by atoms with Gasteiger partial charge in [0.1, 0.15) is 5.75 Å². The molecular weight excluding hydrogens is 624 g/mol. The van der Waals surface area contributed by atoms with Gasteiger partial charge in [-0.15, -0.1) is 11.8 Å². The number of morpholine rings is 1. The van der Waals surface area contributed by atoms with Crippen molar-refractivity contribution >= 4 is 40.0 Å². The topological polar surface area (TPSA) is 32.7 Å². The van der Waals surface area contributed by atoms with E-state index in [1.807, 2.05) is 12.1 Å². The van der Waals surface area contributed by atoms with E-state index in [0.717, 1.165) is 94.6 Å². The van der Waals surface area contributed by atoms with Crippen LogP contribution in [0.5, 0.6) is 5.75 Å². The quantitative estimate of drug-likeness (QED) is 0.220. The molecule has 0 atom stereocenters. The summed E-state index contributed by atoms with van der Waals surface area (Å²) in [5.41, 5.74) is 2.36. The van der Waals surface area contributed by atoms with Gasteiger partial charge >= 0.3 is 5.51 Å². The first-order valence-electron chi connectivity index (χ1n) is 15.9. The van der Waals surface area contributed by atoms with E-state index in [1.165, 1.54) is 5.69 Å². The number of hydrogen-bond donors (Lipinski definition) is 1. The molecule has 1 saturated carbocycles. The number of anilines is 1. The third-order valence-corrected chi connectivity index (χ3v) is 11.5. The molecule has 1 aliphatic heterocycles. The van der Waals surface area contributed by atoms with Gasteiger partial charge in [0.15, 0.2) is 0 Å². The Hall–Kier alpha value is -2.81. The Kier molecular flexibility index (Phi) is 7.69. The van der Waals surface area contributed by atoms with Crippen LogP contribution in [0.15, 0.2) is 70.5 Å². The first-order chi connectivity index (χ1) is 21.7. The van der Waals surface area contributed by atoms with Crippen molar-refractivity contribution in [3.63, 3.8) is 0 Å². The summed E-state index contributed by atoms with van der Waals surface area (Å²) in [6, 6.07) is 20.1. The predicted octanol–water partition coefficient (Wildman–Crippen LogP) is 10.9. The number of ether oxygens (including phenoxy) is 1. The van der Waals surface area contributed by atoms with Gasteiger partial charge in [0.05, 0.1) is 13.2 Å². The number of alkyl halides is 3. The fourth-order valence-electron chi connectivity index (χ4n) is 9.14. The minimum absolute atomic E-state index is 0.0416. The van der Waals surface area contributed by atoms with Gasteiger partial charge in [0.2, 0.25) is 0 Å². The molecular formula is C38H40F3NO2S2. The summed E-state index contributed by atoms with van der Waals surface area (Å²) in [7, 11) is 0. The Morgan fingerprint density at radius 3 is 2.09 bits per heavy atom. The monoisotopic (exact) mass is 663 g/mol. The van der Waals surface area contributed by atoms with Crippen LogP contribution in [0, 0.1) is 10.8 Å².